The van der Waals surface area contributed by atoms with Crippen LogP contribution in [-0.4, -0.2) is 33.9 Å². The number of rotatable bonds is 3. The SMILES string of the molecule is O=C(c1cn(C2CCNCC2)nn1)c1ccco1. The average molecular weight is 246 g/mol. The zero-order valence-corrected chi connectivity index (χ0v) is 9.87. The molecule has 2 aromatic rings. The van der Waals surface area contributed by atoms with Crippen LogP contribution in [0.15, 0.2) is 29.0 Å². The van der Waals surface area contributed by atoms with Gasteiger partial charge in [-0.05, 0) is 38.1 Å². The van der Waals surface area contributed by atoms with Crippen LogP contribution in [0.25, 0.3) is 0 Å². The molecule has 0 aromatic carbocycles. The van der Waals surface area contributed by atoms with Gasteiger partial charge in [-0.1, -0.05) is 5.21 Å². The second-order valence-electron chi connectivity index (χ2n) is 4.37. The predicted octanol–water partition coefficient (Wildman–Crippen LogP) is 1.03. The zero-order chi connectivity index (χ0) is 12.4. The molecule has 0 bridgehead atoms. The lowest BCUT2D eigenvalue weighted by molar-refractivity contribution is 0.100. The second kappa shape index (κ2) is 4.73. The maximum atomic E-state index is 12.0. The molecule has 3 rings (SSSR count). The van der Waals surface area contributed by atoms with Gasteiger partial charge in [0.05, 0.1) is 18.5 Å². The highest BCUT2D eigenvalue weighted by Gasteiger charge is 2.20. The summed E-state index contributed by atoms with van der Waals surface area (Å²) in [5.74, 6) is 0.0764. The molecule has 1 aliphatic heterocycles. The van der Waals surface area contributed by atoms with Gasteiger partial charge < -0.3 is 9.73 Å². The molecule has 0 aliphatic carbocycles. The van der Waals surface area contributed by atoms with Crippen molar-refractivity contribution in [3.63, 3.8) is 0 Å². The number of hydrogen-bond acceptors (Lipinski definition) is 5. The van der Waals surface area contributed by atoms with Crippen molar-refractivity contribution >= 4 is 5.78 Å². The first-order valence-corrected chi connectivity index (χ1v) is 6.05. The molecule has 0 radical (unpaired) electrons. The minimum atomic E-state index is -0.222. The topological polar surface area (TPSA) is 73.0 Å². The molecular formula is C12H14N4O2. The number of aromatic nitrogens is 3. The third kappa shape index (κ3) is 2.06. The molecule has 18 heavy (non-hydrogen) atoms. The van der Waals surface area contributed by atoms with Gasteiger partial charge in [-0.25, -0.2) is 4.68 Å². The van der Waals surface area contributed by atoms with Crippen molar-refractivity contribution in [3.05, 3.63) is 36.0 Å². The van der Waals surface area contributed by atoms with Crippen molar-refractivity contribution < 1.29 is 9.21 Å². The maximum absolute atomic E-state index is 12.0. The lowest BCUT2D eigenvalue weighted by atomic mass is 10.1. The number of hydrogen-bond donors (Lipinski definition) is 1. The number of piperidine rings is 1. The van der Waals surface area contributed by atoms with E-state index >= 15 is 0 Å². The molecule has 2 aromatic heterocycles. The van der Waals surface area contributed by atoms with Gasteiger partial charge in [0.15, 0.2) is 11.5 Å². The van der Waals surface area contributed by atoms with Crippen LogP contribution in [-0.2, 0) is 0 Å². The van der Waals surface area contributed by atoms with Crippen molar-refractivity contribution in [2.24, 2.45) is 0 Å². The Labute approximate surface area is 104 Å². The molecule has 6 heteroatoms. The molecule has 0 unspecified atom stereocenters. The summed E-state index contributed by atoms with van der Waals surface area (Å²) in [5, 5.41) is 11.3. The van der Waals surface area contributed by atoms with Crippen LogP contribution in [0.2, 0.25) is 0 Å². The highest BCUT2D eigenvalue weighted by atomic mass is 16.3. The maximum Gasteiger partial charge on any atom is 0.249 e. The van der Waals surface area contributed by atoms with Crippen LogP contribution in [0.3, 0.4) is 0 Å². The van der Waals surface area contributed by atoms with Crippen LogP contribution < -0.4 is 5.32 Å². The van der Waals surface area contributed by atoms with E-state index < -0.39 is 0 Å². The lowest BCUT2D eigenvalue weighted by Gasteiger charge is -2.21. The molecule has 6 nitrogen and oxygen atoms in total. The minimum Gasteiger partial charge on any atom is -0.461 e. The van der Waals surface area contributed by atoms with Gasteiger partial charge >= 0.3 is 0 Å². The Kier molecular flexibility index (Phi) is 2.93. The van der Waals surface area contributed by atoms with Crippen molar-refractivity contribution in [3.8, 4) is 0 Å². The normalized spacial score (nSPS) is 16.9. The Morgan fingerprint density at radius 3 is 3.00 bits per heavy atom. The standard InChI is InChI=1S/C12H14N4O2/c17-12(11-2-1-7-18-11)10-8-16(15-14-10)9-3-5-13-6-4-9/h1-2,7-9,13H,3-6H2. The number of nitrogens with zero attached hydrogens (tertiary/aromatic N) is 3. The fourth-order valence-electron chi connectivity index (χ4n) is 2.16. The van der Waals surface area contributed by atoms with Crippen molar-refractivity contribution in [1.82, 2.24) is 20.3 Å². The summed E-state index contributed by atoms with van der Waals surface area (Å²) < 4.78 is 6.86. The van der Waals surface area contributed by atoms with Crippen LogP contribution in [0.4, 0.5) is 0 Å². The number of nitrogens with one attached hydrogen (secondary N) is 1. The zero-order valence-electron chi connectivity index (χ0n) is 9.87. The van der Waals surface area contributed by atoms with Gasteiger partial charge in [0.2, 0.25) is 5.78 Å². The smallest absolute Gasteiger partial charge is 0.249 e. The van der Waals surface area contributed by atoms with E-state index in [1.54, 1.807) is 23.0 Å². The molecule has 1 aliphatic rings. The highest BCUT2D eigenvalue weighted by molar-refractivity contribution is 6.05. The van der Waals surface area contributed by atoms with Gasteiger partial charge in [-0.15, -0.1) is 5.10 Å². The Bertz CT molecular complexity index is 526. The van der Waals surface area contributed by atoms with Gasteiger partial charge in [-0.3, -0.25) is 4.79 Å². The Hall–Kier alpha value is -1.95. The van der Waals surface area contributed by atoms with Crippen LogP contribution in [0, 0.1) is 0 Å². The van der Waals surface area contributed by atoms with E-state index in [4.69, 9.17) is 4.42 Å². The van der Waals surface area contributed by atoms with Gasteiger partial charge in [-0.2, -0.15) is 0 Å². The summed E-state index contributed by atoms with van der Waals surface area (Å²) in [6.45, 7) is 1.96. The van der Waals surface area contributed by atoms with Crippen LogP contribution >= 0.6 is 0 Å². The molecule has 1 N–H and O–H groups in total. The van der Waals surface area contributed by atoms with E-state index in [0.717, 1.165) is 25.9 Å². The van der Waals surface area contributed by atoms with E-state index in [1.165, 1.54) is 6.26 Å². The average Bonchev–Trinajstić information content (AvgIpc) is 3.10. The number of carbonyl (C=O) groups excluding carboxylic acids is 1. The first-order chi connectivity index (χ1) is 8.84. The Balaban J connectivity index is 1.78. The molecule has 1 saturated heterocycles. The number of carbonyl (C=O) groups is 1. The van der Waals surface area contributed by atoms with Crippen LogP contribution in [0.1, 0.15) is 35.1 Å². The number of furan rings is 1. The lowest BCUT2D eigenvalue weighted by Crippen LogP contribution is -2.29. The first-order valence-electron chi connectivity index (χ1n) is 6.05. The molecule has 94 valence electrons. The highest BCUT2D eigenvalue weighted by Crippen LogP contribution is 2.18. The van der Waals surface area contributed by atoms with Gasteiger partial charge in [0.25, 0.3) is 0 Å². The molecule has 1 fully saturated rings. The number of ketones is 1. The molecule has 0 saturated carbocycles. The minimum absolute atomic E-state index is 0.222. The summed E-state index contributed by atoms with van der Waals surface area (Å²) in [7, 11) is 0. The van der Waals surface area contributed by atoms with E-state index in [9.17, 15) is 4.79 Å². The molecular weight excluding hydrogens is 232 g/mol. The molecule has 3 heterocycles. The quantitative estimate of drug-likeness (QED) is 0.819. The predicted molar refractivity (Wildman–Crippen MR) is 63.3 cm³/mol. The largest absolute Gasteiger partial charge is 0.461 e. The fraction of sp³-hybridized carbons (Fsp3) is 0.417. The van der Waals surface area contributed by atoms with Gasteiger partial charge in [0.1, 0.15) is 0 Å². The van der Waals surface area contributed by atoms with Crippen molar-refractivity contribution in [1.29, 1.82) is 0 Å². The summed E-state index contributed by atoms with van der Waals surface area (Å²) in [5.41, 5.74) is 0.337. The van der Waals surface area contributed by atoms with E-state index in [0.29, 0.717) is 17.5 Å². The Morgan fingerprint density at radius 2 is 2.28 bits per heavy atom. The third-order valence-electron chi connectivity index (χ3n) is 3.17. The van der Waals surface area contributed by atoms with E-state index in [1.807, 2.05) is 0 Å². The van der Waals surface area contributed by atoms with E-state index in [2.05, 4.69) is 15.6 Å². The van der Waals surface area contributed by atoms with E-state index in [-0.39, 0.29) is 5.78 Å². The summed E-state index contributed by atoms with van der Waals surface area (Å²) in [6, 6.07) is 3.65. The second-order valence-corrected chi connectivity index (χ2v) is 4.37. The van der Waals surface area contributed by atoms with Crippen molar-refractivity contribution in [2.45, 2.75) is 18.9 Å². The molecule has 0 amide bonds. The third-order valence-corrected chi connectivity index (χ3v) is 3.17. The summed E-state index contributed by atoms with van der Waals surface area (Å²) >= 11 is 0. The van der Waals surface area contributed by atoms with Crippen molar-refractivity contribution in [2.75, 3.05) is 13.1 Å². The summed E-state index contributed by atoms with van der Waals surface area (Å²) in [6.07, 6.45) is 5.21. The first kappa shape index (κ1) is 11.2. The van der Waals surface area contributed by atoms with Crippen LogP contribution in [0.5, 0.6) is 0 Å². The monoisotopic (exact) mass is 246 g/mol. The molecule has 0 atom stereocenters. The summed E-state index contributed by atoms with van der Waals surface area (Å²) in [4.78, 5) is 12.0. The Morgan fingerprint density at radius 1 is 1.44 bits per heavy atom. The molecule has 0 spiro atoms. The fourth-order valence-corrected chi connectivity index (χ4v) is 2.16. The van der Waals surface area contributed by atoms with Gasteiger partial charge in [0, 0.05) is 0 Å².